The van der Waals surface area contributed by atoms with E-state index in [0.29, 0.717) is 5.92 Å². The quantitative estimate of drug-likeness (QED) is 0.887. The van der Waals surface area contributed by atoms with Crippen molar-refractivity contribution >= 4 is 0 Å². The maximum atomic E-state index is 10.4. The maximum absolute atomic E-state index is 10.4. The molecule has 19 heavy (non-hydrogen) atoms. The van der Waals surface area contributed by atoms with E-state index >= 15 is 0 Å². The zero-order chi connectivity index (χ0) is 14.8. The Bertz CT molecular complexity index is 419. The van der Waals surface area contributed by atoms with Crippen LogP contribution in [0.2, 0.25) is 0 Å². The van der Waals surface area contributed by atoms with Crippen LogP contribution in [0.5, 0.6) is 5.75 Å². The van der Waals surface area contributed by atoms with Gasteiger partial charge in [0.1, 0.15) is 5.75 Å². The number of hydrogen-bond acceptors (Lipinski definition) is 3. The minimum Gasteiger partial charge on any atom is -0.496 e. The average Bonchev–Trinajstić information content (AvgIpc) is 2.26. The first-order valence-corrected chi connectivity index (χ1v) is 6.75. The highest BCUT2D eigenvalue weighted by molar-refractivity contribution is 5.41. The van der Waals surface area contributed by atoms with Gasteiger partial charge in [0, 0.05) is 0 Å². The molecule has 0 saturated heterocycles. The number of methoxy groups -OCH3 is 1. The summed E-state index contributed by atoms with van der Waals surface area (Å²) in [7, 11) is 5.67. The molecule has 1 aromatic carbocycles. The van der Waals surface area contributed by atoms with Crippen LogP contribution < -0.4 is 4.74 Å². The molecular formula is C16H27NO2. The maximum Gasteiger partial charge on any atom is 0.122 e. The van der Waals surface area contributed by atoms with Crippen LogP contribution in [0.4, 0.5) is 0 Å². The van der Waals surface area contributed by atoms with Crippen molar-refractivity contribution in [1.82, 2.24) is 4.90 Å². The molecule has 0 radical (unpaired) electrons. The van der Waals surface area contributed by atoms with E-state index < -0.39 is 5.60 Å². The number of hydrogen-bond donors (Lipinski definition) is 1. The SMILES string of the molecule is COc1ccc(C(N(C)C)C(C)(C)O)cc1C(C)C. The van der Waals surface area contributed by atoms with Gasteiger partial charge in [0.15, 0.2) is 0 Å². The number of aliphatic hydroxyl groups is 1. The zero-order valence-corrected chi connectivity index (χ0v) is 13.2. The Balaban J connectivity index is 3.30. The average molecular weight is 265 g/mol. The Labute approximate surface area is 117 Å². The highest BCUT2D eigenvalue weighted by atomic mass is 16.5. The number of rotatable bonds is 5. The third-order valence-corrected chi connectivity index (χ3v) is 3.38. The molecule has 1 rings (SSSR count). The summed E-state index contributed by atoms with van der Waals surface area (Å²) in [4.78, 5) is 2.05. The third-order valence-electron chi connectivity index (χ3n) is 3.38. The molecule has 0 amide bonds. The number of ether oxygens (including phenoxy) is 1. The lowest BCUT2D eigenvalue weighted by molar-refractivity contribution is -0.00320. The van der Waals surface area contributed by atoms with Crippen molar-refractivity contribution in [2.45, 2.75) is 45.3 Å². The summed E-state index contributed by atoms with van der Waals surface area (Å²) in [6, 6.07) is 6.13. The van der Waals surface area contributed by atoms with Crippen LogP contribution in [0.25, 0.3) is 0 Å². The van der Waals surface area contributed by atoms with Gasteiger partial charge in [0.05, 0.1) is 18.8 Å². The summed E-state index contributed by atoms with van der Waals surface area (Å²) in [6.07, 6.45) is 0. The van der Waals surface area contributed by atoms with Gasteiger partial charge in [0.25, 0.3) is 0 Å². The highest BCUT2D eigenvalue weighted by Gasteiger charge is 2.30. The molecule has 3 nitrogen and oxygen atoms in total. The van der Waals surface area contributed by atoms with Crippen LogP contribution in [0.1, 0.15) is 50.8 Å². The van der Waals surface area contributed by atoms with E-state index in [4.69, 9.17) is 4.74 Å². The van der Waals surface area contributed by atoms with Gasteiger partial charge < -0.3 is 9.84 Å². The molecule has 0 spiro atoms. The van der Waals surface area contributed by atoms with E-state index in [1.54, 1.807) is 7.11 Å². The van der Waals surface area contributed by atoms with Gasteiger partial charge in [-0.3, -0.25) is 4.90 Å². The third kappa shape index (κ3) is 3.71. The van der Waals surface area contributed by atoms with Crippen molar-refractivity contribution < 1.29 is 9.84 Å². The van der Waals surface area contributed by atoms with Crippen LogP contribution in [0, 0.1) is 0 Å². The Hall–Kier alpha value is -1.06. The van der Waals surface area contributed by atoms with Gasteiger partial charge in [-0.25, -0.2) is 0 Å². The monoisotopic (exact) mass is 265 g/mol. The topological polar surface area (TPSA) is 32.7 Å². The van der Waals surface area contributed by atoms with E-state index in [0.717, 1.165) is 11.3 Å². The van der Waals surface area contributed by atoms with Crippen molar-refractivity contribution in [3.63, 3.8) is 0 Å². The van der Waals surface area contributed by atoms with Gasteiger partial charge in [-0.15, -0.1) is 0 Å². The predicted octanol–water partition coefficient (Wildman–Crippen LogP) is 3.19. The zero-order valence-electron chi connectivity index (χ0n) is 13.2. The molecule has 1 unspecified atom stereocenters. The minimum absolute atomic E-state index is 0.0455. The van der Waals surface area contributed by atoms with Gasteiger partial charge in [0.2, 0.25) is 0 Å². The molecule has 1 N–H and O–H groups in total. The molecule has 0 aromatic heterocycles. The number of nitrogens with zero attached hydrogens (tertiary/aromatic N) is 1. The molecule has 0 saturated carbocycles. The van der Waals surface area contributed by atoms with Crippen LogP contribution in [-0.2, 0) is 0 Å². The van der Waals surface area contributed by atoms with Crippen molar-refractivity contribution in [2.24, 2.45) is 0 Å². The fourth-order valence-corrected chi connectivity index (χ4v) is 2.71. The molecule has 0 fully saturated rings. The van der Waals surface area contributed by atoms with Crippen molar-refractivity contribution in [2.75, 3.05) is 21.2 Å². The molecule has 1 atom stereocenters. The van der Waals surface area contributed by atoms with Gasteiger partial charge >= 0.3 is 0 Å². The summed E-state index contributed by atoms with van der Waals surface area (Å²) in [6.45, 7) is 7.99. The Morgan fingerprint density at radius 1 is 1.21 bits per heavy atom. The molecule has 1 aromatic rings. The first-order valence-electron chi connectivity index (χ1n) is 6.75. The molecular weight excluding hydrogens is 238 g/mol. The second kappa shape index (κ2) is 5.93. The molecule has 3 heteroatoms. The lowest BCUT2D eigenvalue weighted by atomic mass is 9.88. The Morgan fingerprint density at radius 2 is 1.79 bits per heavy atom. The largest absolute Gasteiger partial charge is 0.496 e. The second-order valence-electron chi connectivity index (χ2n) is 6.18. The van der Waals surface area contributed by atoms with E-state index in [-0.39, 0.29) is 6.04 Å². The molecule has 0 heterocycles. The van der Waals surface area contributed by atoms with E-state index in [1.807, 2.05) is 45.0 Å². The first-order chi connectivity index (χ1) is 8.68. The summed E-state index contributed by atoms with van der Waals surface area (Å²) >= 11 is 0. The first kappa shape index (κ1) is 16.0. The molecule has 0 bridgehead atoms. The lowest BCUT2D eigenvalue weighted by Gasteiger charge is -2.35. The van der Waals surface area contributed by atoms with E-state index in [1.165, 1.54) is 5.56 Å². The highest BCUT2D eigenvalue weighted by Crippen LogP contribution is 2.35. The fourth-order valence-electron chi connectivity index (χ4n) is 2.71. The van der Waals surface area contributed by atoms with Crippen LogP contribution >= 0.6 is 0 Å². The van der Waals surface area contributed by atoms with Gasteiger partial charge in [-0.2, -0.15) is 0 Å². The van der Waals surface area contributed by atoms with E-state index in [9.17, 15) is 5.11 Å². The standard InChI is InChI=1S/C16H27NO2/c1-11(2)13-10-12(8-9-14(13)19-7)15(17(5)6)16(3,4)18/h8-11,15,18H,1-7H3. The fraction of sp³-hybridized carbons (Fsp3) is 0.625. The lowest BCUT2D eigenvalue weighted by Crippen LogP contribution is -2.38. The smallest absolute Gasteiger partial charge is 0.122 e. The number of likely N-dealkylation sites (N-methyl/N-ethyl adjacent to an activating group) is 1. The van der Waals surface area contributed by atoms with Crippen LogP contribution in [-0.4, -0.2) is 36.8 Å². The van der Waals surface area contributed by atoms with Crippen LogP contribution in [0.3, 0.4) is 0 Å². The van der Waals surface area contributed by atoms with Crippen molar-refractivity contribution in [3.05, 3.63) is 29.3 Å². The van der Waals surface area contributed by atoms with Crippen molar-refractivity contribution in [3.8, 4) is 5.75 Å². The molecule has 108 valence electrons. The summed E-state index contributed by atoms with van der Waals surface area (Å²) in [5.41, 5.74) is 1.49. The molecule has 0 aliphatic carbocycles. The summed E-state index contributed by atoms with van der Waals surface area (Å²) < 4.78 is 5.41. The van der Waals surface area contributed by atoms with Crippen molar-refractivity contribution in [1.29, 1.82) is 0 Å². The van der Waals surface area contributed by atoms with Crippen LogP contribution in [0.15, 0.2) is 18.2 Å². The second-order valence-corrected chi connectivity index (χ2v) is 6.18. The molecule has 0 aliphatic heterocycles. The number of benzene rings is 1. The molecule has 0 aliphatic rings. The van der Waals surface area contributed by atoms with Gasteiger partial charge in [-0.05, 0) is 51.1 Å². The summed E-state index contributed by atoms with van der Waals surface area (Å²) in [5.74, 6) is 1.30. The summed E-state index contributed by atoms with van der Waals surface area (Å²) in [5, 5.41) is 10.4. The van der Waals surface area contributed by atoms with Gasteiger partial charge in [-0.1, -0.05) is 26.0 Å². The normalized spacial score (nSPS) is 14.0. The Morgan fingerprint density at radius 3 is 2.16 bits per heavy atom. The Kier molecular flexibility index (Phi) is 4.99. The predicted molar refractivity (Wildman–Crippen MR) is 79.8 cm³/mol. The van der Waals surface area contributed by atoms with E-state index in [2.05, 4.69) is 19.9 Å². The minimum atomic E-state index is -0.799.